The molecule has 4 aliphatic heterocycles. The van der Waals surface area contributed by atoms with Gasteiger partial charge in [-0.2, -0.15) is 5.26 Å². The number of likely N-dealkylation sites (N-methyl/N-ethyl adjacent to an activating group) is 1. The van der Waals surface area contributed by atoms with Crippen molar-refractivity contribution in [2.75, 3.05) is 17.3 Å². The molecule has 0 bridgehead atoms. The van der Waals surface area contributed by atoms with Crippen molar-refractivity contribution in [3.05, 3.63) is 135 Å². The fourth-order valence-electron chi connectivity index (χ4n) is 7.70. The third kappa shape index (κ3) is 3.74. The minimum Gasteiger partial charge on any atom is -0.463 e. The maximum atomic E-state index is 13.8. The first-order chi connectivity index (χ1) is 22.4. The summed E-state index contributed by atoms with van der Waals surface area (Å²) in [6, 6.07) is 24.8. The number of hydrogen-bond acceptors (Lipinski definition) is 6. The Morgan fingerprint density at radius 1 is 0.830 bits per heavy atom. The summed E-state index contributed by atoms with van der Waals surface area (Å²) in [5.41, 5.74) is 5.55. The lowest BCUT2D eigenvalue weighted by atomic mass is 9.76. The van der Waals surface area contributed by atoms with E-state index in [1.807, 2.05) is 98.1 Å². The summed E-state index contributed by atoms with van der Waals surface area (Å²) in [7, 11) is 2.01. The second kappa shape index (κ2) is 9.37. The van der Waals surface area contributed by atoms with E-state index in [0.29, 0.717) is 33.9 Å². The van der Waals surface area contributed by atoms with Crippen LogP contribution in [-0.2, 0) is 10.8 Å². The number of carbonyl (C=O) groups is 1. The monoisotopic (exact) mass is 616 g/mol. The quantitative estimate of drug-likeness (QED) is 0.180. The molecule has 4 heterocycles. The first kappa shape index (κ1) is 28.7. The molecular weight excluding hydrogens is 584 g/mol. The molecule has 0 radical (unpaired) electrons. The lowest BCUT2D eigenvalue weighted by molar-refractivity contribution is 0.0581. The molecule has 7 heteroatoms. The Morgan fingerprint density at radius 3 is 2.19 bits per heavy atom. The van der Waals surface area contributed by atoms with E-state index in [0.717, 1.165) is 33.6 Å². The highest BCUT2D eigenvalue weighted by Crippen LogP contribution is 2.55. The highest BCUT2D eigenvalue weighted by molar-refractivity contribution is 6.10. The molecule has 0 amide bonds. The third-order valence-electron chi connectivity index (χ3n) is 10.7. The SMILES string of the molecule is [C-]#[N+]c1ccc2c(c1)C(C)(C)C1(C=Cc3cc(C(=O)c4ccc5c(c4)C=CC4(O5)N(C)c5ccc(C#N)cc5C4(C)C)ccc3O1)N2. The van der Waals surface area contributed by atoms with E-state index in [-0.39, 0.29) is 5.78 Å². The zero-order chi connectivity index (χ0) is 32.9. The number of carbonyl (C=O) groups excluding carboxylic acids is 1. The van der Waals surface area contributed by atoms with Crippen LogP contribution in [0.3, 0.4) is 0 Å². The van der Waals surface area contributed by atoms with Gasteiger partial charge >= 0.3 is 0 Å². The van der Waals surface area contributed by atoms with Crippen LogP contribution in [0.25, 0.3) is 17.0 Å². The van der Waals surface area contributed by atoms with Gasteiger partial charge in [0.15, 0.2) is 11.5 Å². The molecule has 0 aromatic heterocycles. The van der Waals surface area contributed by atoms with Crippen LogP contribution in [0.15, 0.2) is 84.9 Å². The highest BCUT2D eigenvalue weighted by Gasteiger charge is 2.58. The third-order valence-corrected chi connectivity index (χ3v) is 10.7. The smallest absolute Gasteiger partial charge is 0.211 e. The Labute approximate surface area is 274 Å². The highest BCUT2D eigenvalue weighted by atomic mass is 16.5. The van der Waals surface area contributed by atoms with Crippen LogP contribution in [0.1, 0.15) is 71.4 Å². The number of fused-ring (bicyclic) bond motifs is 4. The maximum absolute atomic E-state index is 13.8. The van der Waals surface area contributed by atoms with E-state index in [1.54, 1.807) is 0 Å². The van der Waals surface area contributed by atoms with Crippen molar-refractivity contribution < 1.29 is 14.3 Å². The van der Waals surface area contributed by atoms with Gasteiger partial charge in [0.1, 0.15) is 11.5 Å². The average molecular weight is 617 g/mol. The van der Waals surface area contributed by atoms with Gasteiger partial charge in [-0.3, -0.25) is 4.79 Å². The van der Waals surface area contributed by atoms with Crippen LogP contribution >= 0.6 is 0 Å². The lowest BCUT2D eigenvalue weighted by Gasteiger charge is -2.45. The molecule has 1 N–H and O–H groups in total. The number of anilines is 2. The van der Waals surface area contributed by atoms with Gasteiger partial charge in [0.2, 0.25) is 11.4 Å². The van der Waals surface area contributed by atoms with Crippen molar-refractivity contribution in [2.24, 2.45) is 0 Å². The predicted molar refractivity (Wildman–Crippen MR) is 183 cm³/mol. The molecule has 2 atom stereocenters. The molecule has 8 rings (SSSR count). The Balaban J connectivity index is 1.06. The number of nitrogens with zero attached hydrogens (tertiary/aromatic N) is 3. The molecule has 4 aliphatic rings. The van der Waals surface area contributed by atoms with Crippen molar-refractivity contribution >= 4 is 35.0 Å². The lowest BCUT2D eigenvalue weighted by Crippen LogP contribution is -2.58. The van der Waals surface area contributed by atoms with E-state index >= 15 is 0 Å². The van der Waals surface area contributed by atoms with Crippen molar-refractivity contribution in [1.29, 1.82) is 5.26 Å². The molecule has 4 aromatic carbocycles. The van der Waals surface area contributed by atoms with Gasteiger partial charge in [0.25, 0.3) is 0 Å². The number of benzene rings is 4. The minimum absolute atomic E-state index is 0.0916. The van der Waals surface area contributed by atoms with E-state index in [2.05, 4.69) is 54.9 Å². The molecule has 230 valence electrons. The van der Waals surface area contributed by atoms with Crippen molar-refractivity contribution in [3.8, 4) is 17.6 Å². The van der Waals surface area contributed by atoms with Gasteiger partial charge in [0.05, 0.1) is 29.0 Å². The number of ether oxygens (including phenoxy) is 2. The Hall–Kier alpha value is -5.79. The number of ketones is 1. The minimum atomic E-state index is -0.821. The van der Waals surface area contributed by atoms with Crippen molar-refractivity contribution in [1.82, 2.24) is 0 Å². The summed E-state index contributed by atoms with van der Waals surface area (Å²) in [5.74, 6) is 1.28. The largest absolute Gasteiger partial charge is 0.463 e. The van der Waals surface area contributed by atoms with Gasteiger partial charge in [-0.1, -0.05) is 12.1 Å². The number of nitriles is 1. The summed E-state index contributed by atoms with van der Waals surface area (Å²) in [6.07, 6.45) is 8.11. The van der Waals surface area contributed by atoms with Crippen LogP contribution < -0.4 is 19.7 Å². The normalized spacial score (nSPS) is 23.0. The molecule has 0 saturated heterocycles. The summed E-state index contributed by atoms with van der Waals surface area (Å²) in [6.45, 7) is 15.9. The summed E-state index contributed by atoms with van der Waals surface area (Å²) < 4.78 is 13.4. The molecular formula is C40H32N4O3. The zero-order valence-corrected chi connectivity index (χ0v) is 26.8. The van der Waals surface area contributed by atoms with Gasteiger partial charge in [-0.15, -0.1) is 0 Å². The second-order valence-electron chi connectivity index (χ2n) is 13.8. The van der Waals surface area contributed by atoms with Gasteiger partial charge in [-0.05, 0) is 124 Å². The Kier molecular flexibility index (Phi) is 5.72. The number of rotatable bonds is 2. The van der Waals surface area contributed by atoms with Gasteiger partial charge in [-0.25, -0.2) is 4.85 Å². The molecule has 0 fully saturated rings. The van der Waals surface area contributed by atoms with Crippen molar-refractivity contribution in [2.45, 2.75) is 50.0 Å². The van der Waals surface area contributed by atoms with Crippen LogP contribution in [0, 0.1) is 17.9 Å². The average Bonchev–Trinajstić information content (AvgIpc) is 3.39. The zero-order valence-electron chi connectivity index (χ0n) is 26.8. The van der Waals surface area contributed by atoms with Crippen molar-refractivity contribution in [3.63, 3.8) is 0 Å². The Bertz CT molecular complexity index is 2220. The van der Waals surface area contributed by atoms with Gasteiger partial charge < -0.3 is 19.7 Å². The first-order valence-corrected chi connectivity index (χ1v) is 15.6. The Morgan fingerprint density at radius 2 is 1.51 bits per heavy atom. The van der Waals surface area contributed by atoms with E-state index in [9.17, 15) is 10.1 Å². The molecule has 0 aliphatic carbocycles. The molecule has 4 aromatic rings. The van der Waals surface area contributed by atoms with Crippen LogP contribution in [0.4, 0.5) is 17.1 Å². The standard InChI is InChI=1S/C40H32N4O3/c1-37(2)30-22-29(42-5)10-11-32(30)43-39(37)17-15-25-20-27(8-13-34(25)46-39)36(45)28-9-14-35-26(21-28)16-18-40(47-35)38(3,4)31-19-24(23-41)7-12-33(31)44(40)6/h7-22,43H,1-4,6H3. The molecule has 47 heavy (non-hydrogen) atoms. The van der Waals surface area contributed by atoms with Gasteiger partial charge in [0, 0.05) is 40.7 Å². The summed E-state index contributed by atoms with van der Waals surface area (Å²) >= 11 is 0. The van der Waals surface area contributed by atoms with Crippen LogP contribution in [0.2, 0.25) is 0 Å². The van der Waals surface area contributed by atoms with Crippen LogP contribution in [0.5, 0.6) is 11.5 Å². The molecule has 2 spiro atoms. The topological polar surface area (TPSA) is 79.0 Å². The van der Waals surface area contributed by atoms with Crippen LogP contribution in [-0.4, -0.2) is 24.3 Å². The van der Waals surface area contributed by atoms with E-state index in [1.165, 1.54) is 0 Å². The summed E-state index contributed by atoms with van der Waals surface area (Å²) in [5, 5.41) is 13.0. The number of nitrogens with one attached hydrogen (secondary N) is 1. The maximum Gasteiger partial charge on any atom is 0.211 e. The number of hydrogen-bond donors (Lipinski definition) is 1. The summed E-state index contributed by atoms with van der Waals surface area (Å²) in [4.78, 5) is 19.5. The molecule has 2 unspecified atom stereocenters. The fraction of sp³-hybridized carbons (Fsp3) is 0.225. The fourth-order valence-corrected chi connectivity index (χ4v) is 7.70. The molecule has 7 nitrogen and oxygen atoms in total. The van der Waals surface area contributed by atoms with E-state index in [4.69, 9.17) is 16.0 Å². The predicted octanol–water partition coefficient (Wildman–Crippen LogP) is 8.37. The van der Waals surface area contributed by atoms with E-state index < -0.39 is 22.3 Å². The second-order valence-corrected chi connectivity index (χ2v) is 13.8. The first-order valence-electron chi connectivity index (χ1n) is 15.6. The molecule has 0 saturated carbocycles.